The monoisotopic (exact) mass is 364 g/mol. The van der Waals surface area contributed by atoms with Gasteiger partial charge < -0.3 is 19.9 Å². The van der Waals surface area contributed by atoms with Crippen LogP contribution < -0.4 is 14.8 Å². The molecular weight excluding hydrogens is 339 g/mol. The Kier molecular flexibility index (Phi) is 10.1. The van der Waals surface area contributed by atoms with Gasteiger partial charge in [0, 0.05) is 44.4 Å². The number of halogens is 2. The van der Waals surface area contributed by atoms with E-state index in [-0.39, 0.29) is 36.6 Å². The summed E-state index contributed by atoms with van der Waals surface area (Å²) in [6.45, 7) is 7.74. The zero-order valence-electron chi connectivity index (χ0n) is 13.6. The van der Waals surface area contributed by atoms with Crippen molar-refractivity contribution in [1.82, 2.24) is 10.2 Å². The molecule has 0 radical (unpaired) electrons. The van der Waals surface area contributed by atoms with Gasteiger partial charge in [-0.3, -0.25) is 4.90 Å². The van der Waals surface area contributed by atoms with Crippen molar-refractivity contribution < 1.29 is 14.6 Å². The van der Waals surface area contributed by atoms with Crippen molar-refractivity contribution in [1.29, 1.82) is 0 Å². The lowest BCUT2D eigenvalue weighted by Gasteiger charge is -2.36. The first kappa shape index (κ1) is 21.9. The Bertz CT molecular complexity index is 469. The third-order valence-electron chi connectivity index (χ3n) is 3.84. The molecule has 1 atom stereocenters. The molecule has 2 rings (SSSR count). The fourth-order valence-electron chi connectivity index (χ4n) is 2.85. The van der Waals surface area contributed by atoms with Gasteiger partial charge in [-0.15, -0.1) is 31.4 Å². The fraction of sp³-hybridized carbons (Fsp3) is 0.500. The first-order valence-corrected chi connectivity index (χ1v) is 7.21. The smallest absolute Gasteiger partial charge is 0.131 e. The number of aromatic hydroxyl groups is 1. The molecule has 1 aliphatic heterocycles. The highest BCUT2D eigenvalue weighted by Crippen LogP contribution is 2.41. The van der Waals surface area contributed by atoms with Crippen LogP contribution in [0.1, 0.15) is 18.0 Å². The Morgan fingerprint density at radius 3 is 2.17 bits per heavy atom. The Morgan fingerprint density at radius 1 is 1.22 bits per heavy atom. The van der Waals surface area contributed by atoms with E-state index < -0.39 is 0 Å². The van der Waals surface area contributed by atoms with Crippen LogP contribution >= 0.6 is 24.8 Å². The van der Waals surface area contributed by atoms with Gasteiger partial charge in [0.2, 0.25) is 0 Å². The van der Waals surface area contributed by atoms with E-state index in [1.54, 1.807) is 26.4 Å². The van der Waals surface area contributed by atoms with Gasteiger partial charge in [0.1, 0.15) is 17.2 Å². The second kappa shape index (κ2) is 10.6. The minimum Gasteiger partial charge on any atom is -0.508 e. The van der Waals surface area contributed by atoms with E-state index in [1.165, 1.54) is 0 Å². The van der Waals surface area contributed by atoms with Crippen LogP contribution in [0.15, 0.2) is 24.8 Å². The van der Waals surface area contributed by atoms with Gasteiger partial charge in [-0.1, -0.05) is 6.08 Å². The number of ether oxygens (including phenoxy) is 2. The van der Waals surface area contributed by atoms with Crippen molar-refractivity contribution >= 4 is 24.8 Å². The third kappa shape index (κ3) is 5.18. The number of phenolic OH excluding ortho intramolecular Hbond substituents is 1. The van der Waals surface area contributed by atoms with Crippen molar-refractivity contribution in [2.45, 2.75) is 12.5 Å². The van der Waals surface area contributed by atoms with Crippen LogP contribution in [0.2, 0.25) is 0 Å². The number of rotatable bonds is 6. The summed E-state index contributed by atoms with van der Waals surface area (Å²) in [5, 5.41) is 13.2. The molecule has 0 bridgehead atoms. The van der Waals surface area contributed by atoms with Gasteiger partial charge in [-0.05, 0) is 6.42 Å². The third-order valence-corrected chi connectivity index (χ3v) is 3.84. The highest BCUT2D eigenvalue weighted by Gasteiger charge is 2.27. The van der Waals surface area contributed by atoms with Crippen LogP contribution in [0, 0.1) is 0 Å². The first-order valence-electron chi connectivity index (χ1n) is 7.21. The summed E-state index contributed by atoms with van der Waals surface area (Å²) in [5.74, 6) is 1.44. The lowest BCUT2D eigenvalue weighted by atomic mass is 9.98. The van der Waals surface area contributed by atoms with Crippen LogP contribution in [0.25, 0.3) is 0 Å². The van der Waals surface area contributed by atoms with Gasteiger partial charge in [0.15, 0.2) is 0 Å². The van der Waals surface area contributed by atoms with Crippen LogP contribution in [0.3, 0.4) is 0 Å². The average molecular weight is 365 g/mol. The minimum atomic E-state index is 0. The van der Waals surface area contributed by atoms with Crippen molar-refractivity contribution in [3.63, 3.8) is 0 Å². The van der Waals surface area contributed by atoms with Crippen LogP contribution in [-0.2, 0) is 0 Å². The van der Waals surface area contributed by atoms with Crippen LogP contribution in [0.4, 0.5) is 0 Å². The van der Waals surface area contributed by atoms with Gasteiger partial charge in [-0.25, -0.2) is 0 Å². The molecule has 0 spiro atoms. The second-order valence-corrected chi connectivity index (χ2v) is 5.09. The van der Waals surface area contributed by atoms with Crippen molar-refractivity contribution in [3.8, 4) is 17.2 Å². The maximum Gasteiger partial charge on any atom is 0.131 e. The van der Waals surface area contributed by atoms with Gasteiger partial charge in [0.05, 0.1) is 19.8 Å². The van der Waals surface area contributed by atoms with E-state index in [1.807, 2.05) is 6.08 Å². The lowest BCUT2D eigenvalue weighted by molar-refractivity contribution is 0.168. The Morgan fingerprint density at radius 2 is 1.74 bits per heavy atom. The molecule has 7 heteroatoms. The topological polar surface area (TPSA) is 54.0 Å². The molecule has 1 heterocycles. The summed E-state index contributed by atoms with van der Waals surface area (Å²) in [5.41, 5.74) is 0.972. The summed E-state index contributed by atoms with van der Waals surface area (Å²) in [7, 11) is 3.22. The van der Waals surface area contributed by atoms with E-state index in [2.05, 4.69) is 16.8 Å². The minimum absolute atomic E-state index is 0. The quantitative estimate of drug-likeness (QED) is 0.760. The summed E-state index contributed by atoms with van der Waals surface area (Å²) in [4.78, 5) is 2.40. The molecule has 132 valence electrons. The maximum absolute atomic E-state index is 9.80. The normalized spacial score (nSPS) is 15.7. The lowest BCUT2D eigenvalue weighted by Crippen LogP contribution is -2.45. The van der Waals surface area contributed by atoms with Crippen molar-refractivity contribution in [3.05, 3.63) is 30.4 Å². The average Bonchev–Trinajstić information content (AvgIpc) is 2.53. The highest BCUT2D eigenvalue weighted by molar-refractivity contribution is 5.85. The molecule has 0 unspecified atom stereocenters. The molecular formula is C16H26Cl2N2O3. The number of benzene rings is 1. The Hall–Kier alpha value is -1.14. The molecule has 0 aliphatic carbocycles. The van der Waals surface area contributed by atoms with E-state index in [9.17, 15) is 5.11 Å². The number of piperazine rings is 1. The molecule has 0 saturated carbocycles. The van der Waals surface area contributed by atoms with Gasteiger partial charge in [0.25, 0.3) is 0 Å². The molecule has 1 aromatic rings. The highest BCUT2D eigenvalue weighted by atomic mass is 35.5. The molecule has 5 nitrogen and oxygen atoms in total. The van der Waals surface area contributed by atoms with Gasteiger partial charge >= 0.3 is 0 Å². The zero-order valence-corrected chi connectivity index (χ0v) is 15.2. The number of hydrogen-bond acceptors (Lipinski definition) is 5. The Balaban J connectivity index is 0.00000242. The number of phenols is 1. The molecule has 1 aromatic carbocycles. The SMILES string of the molecule is C=CC[C@H](c1c(OC)cc(O)cc1OC)N1CCNCC1.Cl.Cl. The first-order chi connectivity index (χ1) is 10.2. The maximum atomic E-state index is 9.80. The van der Waals surface area contributed by atoms with Crippen LogP contribution in [0.5, 0.6) is 17.2 Å². The number of nitrogens with zero attached hydrogens (tertiary/aromatic N) is 1. The number of hydrogen-bond donors (Lipinski definition) is 2. The van der Waals surface area contributed by atoms with Crippen molar-refractivity contribution in [2.75, 3.05) is 40.4 Å². The predicted molar refractivity (Wildman–Crippen MR) is 97.7 cm³/mol. The zero-order chi connectivity index (χ0) is 15.2. The predicted octanol–water partition coefficient (Wildman–Crippen LogP) is 2.78. The van der Waals surface area contributed by atoms with Crippen molar-refractivity contribution in [2.24, 2.45) is 0 Å². The fourth-order valence-corrected chi connectivity index (χ4v) is 2.85. The van der Waals surface area contributed by atoms with E-state index >= 15 is 0 Å². The molecule has 2 N–H and O–H groups in total. The summed E-state index contributed by atoms with van der Waals surface area (Å²) in [6.07, 6.45) is 2.72. The summed E-state index contributed by atoms with van der Waals surface area (Å²) in [6, 6.07) is 3.40. The molecule has 1 fully saturated rings. The van der Waals surface area contributed by atoms with E-state index in [4.69, 9.17) is 9.47 Å². The number of nitrogens with one attached hydrogen (secondary N) is 1. The summed E-state index contributed by atoms with van der Waals surface area (Å²) < 4.78 is 10.9. The standard InChI is InChI=1S/C16H24N2O3.2ClH/c1-4-5-13(18-8-6-17-7-9-18)16-14(20-2)10-12(19)11-15(16)21-3;;/h4,10-11,13,17,19H,1,5-9H2,2-3H3;2*1H/t13-;;/m1../s1. The van der Waals surface area contributed by atoms with E-state index in [0.717, 1.165) is 38.2 Å². The molecule has 1 aliphatic rings. The summed E-state index contributed by atoms with van der Waals surface area (Å²) >= 11 is 0. The Labute approximate surface area is 150 Å². The molecule has 1 saturated heterocycles. The molecule has 0 aromatic heterocycles. The molecule has 0 amide bonds. The molecule has 23 heavy (non-hydrogen) atoms. The van der Waals surface area contributed by atoms with Gasteiger partial charge in [-0.2, -0.15) is 0 Å². The number of methoxy groups -OCH3 is 2. The van der Waals surface area contributed by atoms with E-state index in [0.29, 0.717) is 11.5 Å². The largest absolute Gasteiger partial charge is 0.508 e. The second-order valence-electron chi connectivity index (χ2n) is 5.09. The van der Waals surface area contributed by atoms with Crippen LogP contribution in [-0.4, -0.2) is 50.4 Å².